The quantitative estimate of drug-likeness (QED) is 0.625. The number of esters is 1. The summed E-state index contributed by atoms with van der Waals surface area (Å²) in [5.41, 5.74) is 0.867. The zero-order valence-corrected chi connectivity index (χ0v) is 13.3. The van der Waals surface area contributed by atoms with Crippen LogP contribution >= 0.6 is 11.3 Å². The molecule has 0 aliphatic carbocycles. The van der Waals surface area contributed by atoms with Gasteiger partial charge >= 0.3 is 12.1 Å². The van der Waals surface area contributed by atoms with Gasteiger partial charge in [0.2, 0.25) is 0 Å². The smallest absolute Gasteiger partial charge is 0.408 e. The van der Waals surface area contributed by atoms with Crippen LogP contribution in [-0.2, 0) is 27.3 Å². The highest BCUT2D eigenvalue weighted by Gasteiger charge is 2.23. The van der Waals surface area contributed by atoms with Crippen molar-refractivity contribution < 1.29 is 19.1 Å². The number of ether oxygens (including phenoxy) is 2. The van der Waals surface area contributed by atoms with Crippen molar-refractivity contribution in [3.63, 3.8) is 0 Å². The predicted molar refractivity (Wildman–Crippen MR) is 87.9 cm³/mol. The highest BCUT2D eigenvalue weighted by molar-refractivity contribution is 7.09. The van der Waals surface area contributed by atoms with Gasteiger partial charge in [-0.25, -0.2) is 9.59 Å². The van der Waals surface area contributed by atoms with Crippen molar-refractivity contribution in [1.29, 1.82) is 0 Å². The molecule has 2 aromatic rings. The molecule has 1 aromatic carbocycles. The van der Waals surface area contributed by atoms with E-state index in [-0.39, 0.29) is 6.61 Å². The van der Waals surface area contributed by atoms with E-state index in [2.05, 4.69) is 11.9 Å². The maximum Gasteiger partial charge on any atom is 0.408 e. The summed E-state index contributed by atoms with van der Waals surface area (Å²) in [5, 5.41) is 4.44. The van der Waals surface area contributed by atoms with Gasteiger partial charge in [0.25, 0.3) is 0 Å². The Labute approximate surface area is 138 Å². The second-order valence-corrected chi connectivity index (χ2v) is 5.68. The zero-order chi connectivity index (χ0) is 16.5. The van der Waals surface area contributed by atoms with Crippen molar-refractivity contribution in [2.24, 2.45) is 0 Å². The first-order valence-electron chi connectivity index (χ1n) is 7.00. The predicted octanol–water partition coefficient (Wildman–Crippen LogP) is 3.27. The number of nitrogens with one attached hydrogen (secondary N) is 1. The average molecular weight is 331 g/mol. The van der Waals surface area contributed by atoms with E-state index in [1.165, 1.54) is 11.3 Å². The highest BCUT2D eigenvalue weighted by Crippen LogP contribution is 2.12. The fourth-order valence-corrected chi connectivity index (χ4v) is 2.65. The molecule has 1 aromatic heterocycles. The largest absolute Gasteiger partial charge is 0.445 e. The van der Waals surface area contributed by atoms with Crippen LogP contribution in [0.15, 0.2) is 60.7 Å². The molecular weight excluding hydrogens is 314 g/mol. The number of benzene rings is 1. The fourth-order valence-electron chi connectivity index (χ4n) is 1.89. The minimum atomic E-state index is -0.824. The number of carbonyl (C=O) groups excluding carboxylic acids is 2. The third-order valence-electron chi connectivity index (χ3n) is 2.97. The molecule has 0 bridgehead atoms. The number of thiophene rings is 1. The van der Waals surface area contributed by atoms with E-state index in [1.54, 1.807) is 0 Å². The highest BCUT2D eigenvalue weighted by atomic mass is 32.1. The van der Waals surface area contributed by atoms with Crippen LogP contribution < -0.4 is 5.32 Å². The lowest BCUT2D eigenvalue weighted by Crippen LogP contribution is -2.43. The van der Waals surface area contributed by atoms with E-state index < -0.39 is 18.1 Å². The normalized spacial score (nSPS) is 11.3. The maximum absolute atomic E-state index is 11.9. The van der Waals surface area contributed by atoms with Crippen LogP contribution in [0.1, 0.15) is 10.4 Å². The second-order valence-electron chi connectivity index (χ2n) is 4.65. The van der Waals surface area contributed by atoms with Crippen molar-refractivity contribution >= 4 is 23.4 Å². The number of rotatable bonds is 7. The molecule has 1 heterocycles. The van der Waals surface area contributed by atoms with E-state index in [0.717, 1.165) is 16.7 Å². The fraction of sp³-hybridized carbons (Fsp3) is 0.176. The Balaban J connectivity index is 1.91. The summed E-state index contributed by atoms with van der Waals surface area (Å²) in [6.07, 6.45) is 0.710. The zero-order valence-electron chi connectivity index (χ0n) is 12.4. The molecule has 23 heavy (non-hydrogen) atoms. The Morgan fingerprint density at radius 3 is 2.65 bits per heavy atom. The molecule has 0 radical (unpaired) electrons. The summed E-state index contributed by atoms with van der Waals surface area (Å²) in [4.78, 5) is 24.8. The maximum atomic E-state index is 11.9. The molecule has 0 saturated carbocycles. The summed E-state index contributed by atoms with van der Waals surface area (Å²) in [6.45, 7) is 3.48. The molecule has 1 unspecified atom stereocenters. The lowest BCUT2D eigenvalue weighted by Gasteiger charge is -2.15. The minimum absolute atomic E-state index is 0.134. The topological polar surface area (TPSA) is 64.6 Å². The van der Waals surface area contributed by atoms with Crippen molar-refractivity contribution in [3.05, 3.63) is 71.1 Å². The Kier molecular flexibility index (Phi) is 6.38. The molecule has 0 aliphatic heterocycles. The van der Waals surface area contributed by atoms with Crippen LogP contribution in [0.25, 0.3) is 0 Å². The molecular formula is C17H17NO4S. The molecule has 1 amide bonds. The standard InChI is InChI=1S/C17H17NO4S/c1-2-21-16(19)15(11-14-9-6-10-23-14)18-17(20)22-12-13-7-4-3-5-8-13/h2-10,15H,1,11-12H2,(H,18,20). The van der Waals surface area contributed by atoms with Crippen molar-refractivity contribution in [3.8, 4) is 0 Å². The lowest BCUT2D eigenvalue weighted by molar-refractivity contribution is -0.140. The van der Waals surface area contributed by atoms with Gasteiger partial charge in [0.05, 0.1) is 6.26 Å². The SMILES string of the molecule is C=COC(=O)C(Cc1cccs1)NC(=O)OCc1ccccc1. The molecule has 5 nitrogen and oxygen atoms in total. The van der Waals surface area contributed by atoms with Gasteiger partial charge in [-0.2, -0.15) is 0 Å². The van der Waals surface area contributed by atoms with Crippen LogP contribution in [0.3, 0.4) is 0 Å². The van der Waals surface area contributed by atoms with E-state index >= 15 is 0 Å². The van der Waals surface area contributed by atoms with E-state index in [4.69, 9.17) is 9.47 Å². The molecule has 6 heteroatoms. The Morgan fingerprint density at radius 1 is 1.22 bits per heavy atom. The molecule has 0 fully saturated rings. The Bertz CT molecular complexity index is 640. The first-order valence-corrected chi connectivity index (χ1v) is 7.88. The van der Waals surface area contributed by atoms with Crippen LogP contribution in [0.5, 0.6) is 0 Å². The summed E-state index contributed by atoms with van der Waals surface area (Å²) in [6, 6.07) is 12.2. The number of hydrogen-bond donors (Lipinski definition) is 1. The Morgan fingerprint density at radius 2 is 2.00 bits per heavy atom. The number of amides is 1. The number of hydrogen-bond acceptors (Lipinski definition) is 5. The molecule has 0 saturated heterocycles. The van der Waals surface area contributed by atoms with E-state index in [0.29, 0.717) is 6.42 Å². The summed E-state index contributed by atoms with van der Waals surface area (Å²) in [7, 11) is 0. The van der Waals surface area contributed by atoms with Crippen molar-refractivity contribution in [2.75, 3.05) is 0 Å². The van der Waals surface area contributed by atoms with E-state index in [1.807, 2.05) is 47.8 Å². The third kappa shape index (κ3) is 5.60. The lowest BCUT2D eigenvalue weighted by atomic mass is 10.2. The van der Waals surface area contributed by atoms with Gasteiger partial charge < -0.3 is 14.8 Å². The number of carbonyl (C=O) groups is 2. The molecule has 120 valence electrons. The van der Waals surface area contributed by atoms with Gasteiger partial charge in [-0.05, 0) is 17.0 Å². The molecule has 0 aliphatic rings. The summed E-state index contributed by atoms with van der Waals surface area (Å²) >= 11 is 1.50. The van der Waals surface area contributed by atoms with Crippen molar-refractivity contribution in [1.82, 2.24) is 5.32 Å². The van der Waals surface area contributed by atoms with Gasteiger partial charge in [-0.1, -0.05) is 43.0 Å². The monoisotopic (exact) mass is 331 g/mol. The first-order chi connectivity index (χ1) is 11.2. The van der Waals surface area contributed by atoms with Gasteiger partial charge in [0, 0.05) is 11.3 Å². The molecule has 1 N–H and O–H groups in total. The minimum Gasteiger partial charge on any atom is -0.445 e. The van der Waals surface area contributed by atoms with Gasteiger partial charge in [0.15, 0.2) is 0 Å². The van der Waals surface area contributed by atoms with E-state index in [9.17, 15) is 9.59 Å². The summed E-state index contributed by atoms with van der Waals surface area (Å²) < 4.78 is 9.90. The van der Waals surface area contributed by atoms with Crippen LogP contribution in [0, 0.1) is 0 Å². The van der Waals surface area contributed by atoms with Crippen molar-refractivity contribution in [2.45, 2.75) is 19.1 Å². The van der Waals surface area contributed by atoms with Crippen LogP contribution in [0.2, 0.25) is 0 Å². The second kappa shape index (κ2) is 8.75. The number of alkyl carbamates (subject to hydrolysis) is 1. The van der Waals surface area contributed by atoms with Gasteiger partial charge in [0.1, 0.15) is 12.6 Å². The van der Waals surface area contributed by atoms with Crippen LogP contribution in [0.4, 0.5) is 4.79 Å². The molecule has 0 spiro atoms. The van der Waals surface area contributed by atoms with Gasteiger partial charge in [-0.15, -0.1) is 11.3 Å². The summed E-state index contributed by atoms with van der Waals surface area (Å²) in [5.74, 6) is -0.579. The first kappa shape index (κ1) is 16.8. The van der Waals surface area contributed by atoms with Gasteiger partial charge in [-0.3, -0.25) is 0 Å². The average Bonchev–Trinajstić information content (AvgIpc) is 3.06. The third-order valence-corrected chi connectivity index (χ3v) is 3.87. The van der Waals surface area contributed by atoms with Crippen LogP contribution in [-0.4, -0.2) is 18.1 Å². The molecule has 2 rings (SSSR count). The Hall–Kier alpha value is -2.60. The molecule has 1 atom stereocenters.